The highest BCUT2D eigenvalue weighted by Gasteiger charge is 2.32. The van der Waals surface area contributed by atoms with Crippen LogP contribution < -0.4 is 15.8 Å². The number of nitrogens with one attached hydrogen (secondary N) is 1. The lowest BCUT2D eigenvalue weighted by atomic mass is 9.95. The quantitative estimate of drug-likeness (QED) is 0.894. The Hall–Kier alpha value is -1.07. The van der Waals surface area contributed by atoms with Gasteiger partial charge < -0.3 is 15.8 Å². The predicted octanol–water partition coefficient (Wildman–Crippen LogP) is 2.77. The number of halogens is 1. The maximum Gasteiger partial charge on any atom is 0.227 e. The topological polar surface area (TPSA) is 64.3 Å². The molecule has 2 rings (SSSR count). The van der Waals surface area contributed by atoms with E-state index in [-0.39, 0.29) is 11.8 Å². The molecule has 4 nitrogen and oxygen atoms in total. The normalized spacial score (nSPS) is 22.3. The highest BCUT2D eigenvalue weighted by atomic mass is 79.9. The maximum atomic E-state index is 12.3. The molecule has 2 atom stereocenters. The standard InChI is InChI=1S/C14H19BrN2O2/c1-19-10-5-6-12(15)13(7-10)17-14(18)11-4-2-3-9(11)8-16/h5-7,9,11H,2-4,8,16H2,1H3,(H,17,18)/t9-,11-/m1/s1. The summed E-state index contributed by atoms with van der Waals surface area (Å²) in [5, 5.41) is 2.97. The van der Waals surface area contributed by atoms with Crippen molar-refractivity contribution >= 4 is 27.5 Å². The van der Waals surface area contributed by atoms with E-state index in [9.17, 15) is 4.79 Å². The first-order valence-corrected chi connectivity index (χ1v) is 7.29. The summed E-state index contributed by atoms with van der Waals surface area (Å²) in [6, 6.07) is 5.52. The minimum Gasteiger partial charge on any atom is -0.497 e. The van der Waals surface area contributed by atoms with Gasteiger partial charge in [0, 0.05) is 16.5 Å². The molecule has 0 spiro atoms. The average molecular weight is 327 g/mol. The summed E-state index contributed by atoms with van der Waals surface area (Å²) in [6.45, 7) is 0.581. The number of anilines is 1. The van der Waals surface area contributed by atoms with Crippen molar-refractivity contribution in [3.63, 3.8) is 0 Å². The Balaban J connectivity index is 2.10. The lowest BCUT2D eigenvalue weighted by molar-refractivity contribution is -0.120. The number of benzene rings is 1. The summed E-state index contributed by atoms with van der Waals surface area (Å²) in [4.78, 5) is 12.3. The SMILES string of the molecule is COc1ccc(Br)c(NC(=O)[C@@H]2CCC[C@@H]2CN)c1. The van der Waals surface area contributed by atoms with Gasteiger partial charge in [-0.2, -0.15) is 0 Å². The largest absolute Gasteiger partial charge is 0.497 e. The van der Waals surface area contributed by atoms with E-state index < -0.39 is 0 Å². The molecule has 0 unspecified atom stereocenters. The van der Waals surface area contributed by atoms with Gasteiger partial charge in [0.25, 0.3) is 0 Å². The third-order valence-corrected chi connectivity index (χ3v) is 4.42. The number of hydrogen-bond acceptors (Lipinski definition) is 3. The molecule has 0 aliphatic heterocycles. The van der Waals surface area contributed by atoms with Gasteiger partial charge in [0.1, 0.15) is 5.75 Å². The van der Waals surface area contributed by atoms with Gasteiger partial charge in [-0.25, -0.2) is 0 Å². The minimum atomic E-state index is 0.0306. The number of methoxy groups -OCH3 is 1. The zero-order chi connectivity index (χ0) is 13.8. The monoisotopic (exact) mass is 326 g/mol. The molecule has 1 aliphatic carbocycles. The van der Waals surface area contributed by atoms with Crippen LogP contribution in [0.3, 0.4) is 0 Å². The molecule has 19 heavy (non-hydrogen) atoms. The summed E-state index contributed by atoms with van der Waals surface area (Å²) in [5.41, 5.74) is 6.46. The highest BCUT2D eigenvalue weighted by molar-refractivity contribution is 9.10. The molecule has 104 valence electrons. The Morgan fingerprint density at radius 1 is 1.53 bits per heavy atom. The number of amides is 1. The first-order valence-electron chi connectivity index (χ1n) is 6.50. The van der Waals surface area contributed by atoms with Gasteiger partial charge in [-0.15, -0.1) is 0 Å². The van der Waals surface area contributed by atoms with Crippen molar-refractivity contribution in [1.82, 2.24) is 0 Å². The van der Waals surface area contributed by atoms with Crippen molar-refractivity contribution in [3.05, 3.63) is 22.7 Å². The van der Waals surface area contributed by atoms with Crippen LogP contribution in [0, 0.1) is 11.8 Å². The number of carbonyl (C=O) groups is 1. The van der Waals surface area contributed by atoms with Gasteiger partial charge in [0.05, 0.1) is 12.8 Å². The summed E-state index contributed by atoms with van der Waals surface area (Å²) >= 11 is 3.43. The summed E-state index contributed by atoms with van der Waals surface area (Å²) in [6.07, 6.45) is 3.06. The first kappa shape index (κ1) is 14.3. The van der Waals surface area contributed by atoms with Crippen LogP contribution in [-0.2, 0) is 4.79 Å². The van der Waals surface area contributed by atoms with E-state index >= 15 is 0 Å². The summed E-state index contributed by atoms with van der Waals surface area (Å²) < 4.78 is 6.02. The third-order valence-electron chi connectivity index (χ3n) is 3.73. The van der Waals surface area contributed by atoms with Gasteiger partial charge in [-0.3, -0.25) is 4.79 Å². The average Bonchev–Trinajstić information content (AvgIpc) is 2.89. The maximum absolute atomic E-state index is 12.3. The lowest BCUT2D eigenvalue weighted by Crippen LogP contribution is -2.29. The van der Waals surface area contributed by atoms with Crippen LogP contribution in [0.15, 0.2) is 22.7 Å². The minimum absolute atomic E-state index is 0.0306. The van der Waals surface area contributed by atoms with Gasteiger partial charge >= 0.3 is 0 Å². The van der Waals surface area contributed by atoms with Gasteiger partial charge in [0.15, 0.2) is 0 Å². The third kappa shape index (κ3) is 3.28. The molecule has 1 fully saturated rings. The van der Waals surface area contributed by atoms with Crippen LogP contribution >= 0.6 is 15.9 Å². The molecular weight excluding hydrogens is 308 g/mol. The molecule has 1 aromatic carbocycles. The first-order chi connectivity index (χ1) is 9.15. The predicted molar refractivity (Wildman–Crippen MR) is 79.2 cm³/mol. The second-order valence-corrected chi connectivity index (χ2v) is 5.72. The van der Waals surface area contributed by atoms with E-state index in [0.29, 0.717) is 12.5 Å². The van der Waals surface area contributed by atoms with E-state index in [1.807, 2.05) is 18.2 Å². The molecule has 1 aliphatic rings. The molecule has 1 amide bonds. The van der Waals surface area contributed by atoms with Crippen molar-refractivity contribution < 1.29 is 9.53 Å². The van der Waals surface area contributed by atoms with E-state index in [1.54, 1.807) is 7.11 Å². The van der Waals surface area contributed by atoms with Crippen LogP contribution in [0.1, 0.15) is 19.3 Å². The zero-order valence-electron chi connectivity index (χ0n) is 11.0. The van der Waals surface area contributed by atoms with Crippen molar-refractivity contribution in [3.8, 4) is 5.75 Å². The molecular formula is C14H19BrN2O2. The van der Waals surface area contributed by atoms with Gasteiger partial charge in [0.2, 0.25) is 5.91 Å². The van der Waals surface area contributed by atoms with Crippen LogP contribution in [0.25, 0.3) is 0 Å². The van der Waals surface area contributed by atoms with Crippen LogP contribution in [0.4, 0.5) is 5.69 Å². The van der Waals surface area contributed by atoms with Crippen LogP contribution in [0.5, 0.6) is 5.75 Å². The van der Waals surface area contributed by atoms with Gasteiger partial charge in [-0.05, 0) is 53.4 Å². The van der Waals surface area contributed by atoms with Gasteiger partial charge in [-0.1, -0.05) is 6.42 Å². The number of nitrogens with two attached hydrogens (primary N) is 1. The fraction of sp³-hybridized carbons (Fsp3) is 0.500. The van der Waals surface area contributed by atoms with Crippen LogP contribution in [0.2, 0.25) is 0 Å². The summed E-state index contributed by atoms with van der Waals surface area (Å²) in [7, 11) is 1.61. The van der Waals surface area contributed by atoms with Crippen molar-refractivity contribution in [2.24, 2.45) is 17.6 Å². The second-order valence-electron chi connectivity index (χ2n) is 4.87. The molecule has 0 radical (unpaired) electrons. The fourth-order valence-electron chi connectivity index (χ4n) is 2.62. The van der Waals surface area contributed by atoms with Crippen molar-refractivity contribution in [2.45, 2.75) is 19.3 Å². The molecule has 3 N–H and O–H groups in total. The number of rotatable bonds is 4. The van der Waals surface area contributed by atoms with Crippen molar-refractivity contribution in [1.29, 1.82) is 0 Å². The highest BCUT2D eigenvalue weighted by Crippen LogP contribution is 2.33. The summed E-state index contributed by atoms with van der Waals surface area (Å²) in [5.74, 6) is 1.12. The second kappa shape index (κ2) is 6.39. The molecule has 0 bridgehead atoms. The lowest BCUT2D eigenvalue weighted by Gasteiger charge is -2.18. The Labute approximate surface area is 121 Å². The Bertz CT molecular complexity index is 465. The van der Waals surface area contributed by atoms with E-state index in [1.165, 1.54) is 0 Å². The number of ether oxygens (including phenoxy) is 1. The Morgan fingerprint density at radius 3 is 3.00 bits per heavy atom. The Kier molecular flexibility index (Phi) is 4.82. The van der Waals surface area contributed by atoms with E-state index in [2.05, 4.69) is 21.2 Å². The van der Waals surface area contributed by atoms with E-state index in [4.69, 9.17) is 10.5 Å². The molecule has 0 saturated heterocycles. The van der Waals surface area contributed by atoms with Crippen LogP contribution in [-0.4, -0.2) is 19.6 Å². The molecule has 5 heteroatoms. The molecule has 0 heterocycles. The molecule has 1 aromatic rings. The molecule has 0 aromatic heterocycles. The smallest absolute Gasteiger partial charge is 0.227 e. The number of hydrogen-bond donors (Lipinski definition) is 2. The van der Waals surface area contributed by atoms with Crippen molar-refractivity contribution in [2.75, 3.05) is 19.0 Å². The number of carbonyl (C=O) groups excluding carboxylic acids is 1. The van der Waals surface area contributed by atoms with E-state index in [0.717, 1.165) is 35.2 Å². The zero-order valence-corrected chi connectivity index (χ0v) is 12.6. The Morgan fingerprint density at radius 2 is 2.32 bits per heavy atom. The molecule has 1 saturated carbocycles. The fourth-order valence-corrected chi connectivity index (χ4v) is 2.96.